The van der Waals surface area contributed by atoms with Crippen LogP contribution in [0.25, 0.3) is 0 Å². The normalized spacial score (nSPS) is 18.9. The Labute approximate surface area is 127 Å². The molecule has 20 heavy (non-hydrogen) atoms. The topological polar surface area (TPSA) is 24.5 Å². The molecular formula is C16H28N2OS. The lowest BCUT2D eigenvalue weighted by atomic mass is 9.79. The van der Waals surface area contributed by atoms with Crippen molar-refractivity contribution < 1.29 is 4.74 Å². The molecule has 1 aliphatic rings. The summed E-state index contributed by atoms with van der Waals surface area (Å²) in [6.45, 7) is 9.92. The summed E-state index contributed by atoms with van der Waals surface area (Å²) in [6.07, 6.45) is 2.43. The number of ether oxygens (including phenoxy) is 1. The fraction of sp³-hybridized carbons (Fsp3) is 0.750. The quantitative estimate of drug-likeness (QED) is 0.837. The molecule has 1 N–H and O–H groups in total. The number of piperidine rings is 1. The lowest BCUT2D eigenvalue weighted by Gasteiger charge is -2.42. The average molecular weight is 296 g/mol. The minimum atomic E-state index is 0.321. The van der Waals surface area contributed by atoms with E-state index in [2.05, 4.69) is 41.6 Å². The van der Waals surface area contributed by atoms with Crippen LogP contribution in [0.2, 0.25) is 0 Å². The van der Waals surface area contributed by atoms with Crippen LogP contribution < -0.4 is 5.32 Å². The minimum absolute atomic E-state index is 0.321. The smallest absolute Gasteiger partial charge is 0.0531 e. The van der Waals surface area contributed by atoms with E-state index in [1.165, 1.54) is 17.7 Å². The highest BCUT2D eigenvalue weighted by Gasteiger charge is 2.34. The highest BCUT2D eigenvalue weighted by molar-refractivity contribution is 7.09. The van der Waals surface area contributed by atoms with E-state index < -0.39 is 0 Å². The van der Waals surface area contributed by atoms with Gasteiger partial charge in [-0.15, -0.1) is 11.3 Å². The monoisotopic (exact) mass is 296 g/mol. The van der Waals surface area contributed by atoms with Gasteiger partial charge in [0, 0.05) is 36.5 Å². The van der Waals surface area contributed by atoms with Crippen LogP contribution in [-0.2, 0) is 11.3 Å². The van der Waals surface area contributed by atoms with E-state index in [9.17, 15) is 0 Å². The molecule has 2 rings (SSSR count). The van der Waals surface area contributed by atoms with Crippen LogP contribution in [0.1, 0.15) is 31.6 Å². The predicted molar refractivity (Wildman–Crippen MR) is 86.3 cm³/mol. The fourth-order valence-corrected chi connectivity index (χ4v) is 3.80. The van der Waals surface area contributed by atoms with Gasteiger partial charge in [-0.25, -0.2) is 0 Å². The van der Waals surface area contributed by atoms with Crippen LogP contribution in [0.15, 0.2) is 17.5 Å². The van der Waals surface area contributed by atoms with Gasteiger partial charge in [-0.05, 0) is 51.2 Å². The summed E-state index contributed by atoms with van der Waals surface area (Å²) in [6, 6.07) is 4.96. The zero-order valence-electron chi connectivity index (χ0n) is 13.0. The predicted octanol–water partition coefficient (Wildman–Crippen LogP) is 2.97. The van der Waals surface area contributed by atoms with Crippen LogP contribution >= 0.6 is 11.3 Å². The van der Waals surface area contributed by atoms with Crippen LogP contribution in [0.4, 0.5) is 0 Å². The van der Waals surface area contributed by atoms with Crippen LogP contribution in [-0.4, -0.2) is 44.3 Å². The zero-order chi connectivity index (χ0) is 14.4. The molecule has 1 saturated heterocycles. The Morgan fingerprint density at radius 2 is 2.15 bits per heavy atom. The van der Waals surface area contributed by atoms with Gasteiger partial charge in [0.05, 0.1) is 6.61 Å². The summed E-state index contributed by atoms with van der Waals surface area (Å²) in [5, 5.41) is 5.64. The van der Waals surface area contributed by atoms with Crippen molar-refractivity contribution in [2.75, 3.05) is 33.4 Å². The first-order valence-electron chi connectivity index (χ1n) is 7.61. The van der Waals surface area contributed by atoms with Gasteiger partial charge in [-0.1, -0.05) is 6.07 Å². The van der Waals surface area contributed by atoms with Crippen LogP contribution in [0.3, 0.4) is 0 Å². The van der Waals surface area contributed by atoms with Crippen LogP contribution in [0, 0.1) is 5.41 Å². The summed E-state index contributed by atoms with van der Waals surface area (Å²) >= 11 is 1.86. The molecule has 1 aromatic heterocycles. The molecular weight excluding hydrogens is 268 g/mol. The van der Waals surface area contributed by atoms with Gasteiger partial charge in [-0.3, -0.25) is 4.90 Å². The molecule has 0 spiro atoms. The maximum Gasteiger partial charge on any atom is 0.0531 e. The third-order valence-corrected chi connectivity index (χ3v) is 5.18. The van der Waals surface area contributed by atoms with Gasteiger partial charge in [0.1, 0.15) is 0 Å². The van der Waals surface area contributed by atoms with Crippen molar-refractivity contribution in [1.29, 1.82) is 0 Å². The lowest BCUT2D eigenvalue weighted by Crippen LogP contribution is -2.48. The van der Waals surface area contributed by atoms with E-state index in [1.54, 1.807) is 0 Å². The van der Waals surface area contributed by atoms with Gasteiger partial charge >= 0.3 is 0 Å². The van der Waals surface area contributed by atoms with Crippen molar-refractivity contribution >= 4 is 11.3 Å². The molecule has 2 heterocycles. The van der Waals surface area contributed by atoms with Crippen molar-refractivity contribution in [3.05, 3.63) is 22.4 Å². The highest BCUT2D eigenvalue weighted by Crippen LogP contribution is 2.31. The number of rotatable bonds is 7. The second-order valence-electron chi connectivity index (χ2n) is 6.26. The third kappa shape index (κ3) is 4.29. The Hall–Kier alpha value is -0.420. The van der Waals surface area contributed by atoms with Crippen molar-refractivity contribution in [3.63, 3.8) is 0 Å². The Kier molecular flexibility index (Phi) is 6.02. The van der Waals surface area contributed by atoms with Gasteiger partial charge in [0.25, 0.3) is 0 Å². The van der Waals surface area contributed by atoms with E-state index >= 15 is 0 Å². The second-order valence-corrected chi connectivity index (χ2v) is 7.29. The Morgan fingerprint density at radius 3 is 2.70 bits per heavy atom. The maximum atomic E-state index is 5.55. The van der Waals surface area contributed by atoms with E-state index in [0.29, 0.717) is 11.5 Å². The molecule has 3 nitrogen and oxygen atoms in total. The molecule has 1 fully saturated rings. The van der Waals surface area contributed by atoms with Crippen molar-refractivity contribution in [2.24, 2.45) is 5.41 Å². The number of hydrogen-bond donors (Lipinski definition) is 1. The molecule has 1 aromatic rings. The first-order chi connectivity index (χ1) is 9.65. The summed E-state index contributed by atoms with van der Waals surface area (Å²) in [5.74, 6) is 0. The minimum Gasteiger partial charge on any atom is -0.384 e. The standard InChI is InChI=1S/C16H28N2OS/c1-14(2)18(11-15-5-4-10-20-15)12-16(13-19-3)6-8-17-9-7-16/h4-5,10,14,17H,6-9,11-13H2,1-3H3. The molecule has 1 aliphatic heterocycles. The Balaban J connectivity index is 2.04. The van der Waals surface area contributed by atoms with Crippen molar-refractivity contribution in [1.82, 2.24) is 10.2 Å². The number of methoxy groups -OCH3 is 1. The molecule has 0 bridgehead atoms. The average Bonchev–Trinajstić information content (AvgIpc) is 2.92. The third-order valence-electron chi connectivity index (χ3n) is 4.32. The van der Waals surface area contributed by atoms with E-state index in [1.807, 2.05) is 18.4 Å². The number of hydrogen-bond acceptors (Lipinski definition) is 4. The number of nitrogens with zero attached hydrogens (tertiary/aromatic N) is 1. The summed E-state index contributed by atoms with van der Waals surface area (Å²) in [4.78, 5) is 4.07. The molecule has 0 radical (unpaired) electrons. The maximum absolute atomic E-state index is 5.55. The first kappa shape index (κ1) is 16.0. The van der Waals surface area contributed by atoms with Crippen molar-refractivity contribution in [2.45, 2.75) is 39.3 Å². The van der Waals surface area contributed by atoms with Gasteiger partial charge in [-0.2, -0.15) is 0 Å². The zero-order valence-corrected chi connectivity index (χ0v) is 13.8. The molecule has 0 saturated carbocycles. The lowest BCUT2D eigenvalue weighted by molar-refractivity contribution is 0.0120. The molecule has 0 aliphatic carbocycles. The number of nitrogens with one attached hydrogen (secondary N) is 1. The highest BCUT2D eigenvalue weighted by atomic mass is 32.1. The SMILES string of the molecule is COCC1(CN(Cc2cccs2)C(C)C)CCNCC1. The van der Waals surface area contributed by atoms with Gasteiger partial charge in [0.2, 0.25) is 0 Å². The molecule has 0 aromatic carbocycles. The molecule has 114 valence electrons. The van der Waals surface area contributed by atoms with E-state index in [4.69, 9.17) is 4.74 Å². The van der Waals surface area contributed by atoms with Gasteiger partial charge < -0.3 is 10.1 Å². The van der Waals surface area contributed by atoms with E-state index in [-0.39, 0.29) is 0 Å². The number of thiophene rings is 1. The fourth-order valence-electron chi connectivity index (χ4n) is 3.07. The second kappa shape index (κ2) is 7.55. The van der Waals surface area contributed by atoms with Crippen LogP contribution in [0.5, 0.6) is 0 Å². The molecule has 0 atom stereocenters. The summed E-state index contributed by atoms with van der Waals surface area (Å²) in [7, 11) is 1.84. The first-order valence-corrected chi connectivity index (χ1v) is 8.49. The largest absolute Gasteiger partial charge is 0.384 e. The summed E-state index contributed by atoms with van der Waals surface area (Å²) in [5.41, 5.74) is 0.321. The Bertz CT molecular complexity index is 366. The van der Waals surface area contributed by atoms with E-state index in [0.717, 1.165) is 32.8 Å². The molecule has 0 unspecified atom stereocenters. The van der Waals surface area contributed by atoms with Crippen molar-refractivity contribution in [3.8, 4) is 0 Å². The summed E-state index contributed by atoms with van der Waals surface area (Å²) < 4.78 is 5.55. The Morgan fingerprint density at radius 1 is 1.40 bits per heavy atom. The molecule has 0 amide bonds. The van der Waals surface area contributed by atoms with Gasteiger partial charge in [0.15, 0.2) is 0 Å². The molecule has 4 heteroatoms.